The van der Waals surface area contributed by atoms with Crippen molar-refractivity contribution in [1.82, 2.24) is 10.2 Å². The van der Waals surface area contributed by atoms with Gasteiger partial charge in [0.05, 0.1) is 12.6 Å². The van der Waals surface area contributed by atoms with Crippen molar-refractivity contribution in [2.45, 2.75) is 40.0 Å². The van der Waals surface area contributed by atoms with Gasteiger partial charge in [-0.3, -0.25) is 4.79 Å². The van der Waals surface area contributed by atoms with E-state index in [4.69, 9.17) is 4.74 Å². The number of ether oxygens (including phenoxy) is 1. The smallest absolute Gasteiger partial charge is 0.239 e. The van der Waals surface area contributed by atoms with Crippen molar-refractivity contribution in [2.75, 3.05) is 20.2 Å². The number of hydrogen-bond donors (Lipinski definition) is 1. The Kier molecular flexibility index (Phi) is 7.26. The molecule has 0 saturated heterocycles. The first-order valence-corrected chi connectivity index (χ1v) is 7.21. The van der Waals surface area contributed by atoms with Crippen LogP contribution in [0.3, 0.4) is 0 Å². The number of benzene rings is 1. The highest BCUT2D eigenvalue weighted by Gasteiger charge is 2.17. The molecule has 1 amide bonds. The third-order valence-corrected chi connectivity index (χ3v) is 3.36. The van der Waals surface area contributed by atoms with Gasteiger partial charge in [0.2, 0.25) is 5.91 Å². The summed E-state index contributed by atoms with van der Waals surface area (Å²) < 4.78 is 5.13. The Morgan fingerprint density at radius 3 is 2.55 bits per heavy atom. The van der Waals surface area contributed by atoms with E-state index in [2.05, 4.69) is 17.4 Å². The summed E-state index contributed by atoms with van der Waals surface area (Å²) in [5.74, 6) is 0.156. The maximum atomic E-state index is 12.1. The van der Waals surface area contributed by atoms with Crippen molar-refractivity contribution < 1.29 is 9.53 Å². The molecule has 0 saturated carbocycles. The maximum absolute atomic E-state index is 12.1. The summed E-state index contributed by atoms with van der Waals surface area (Å²) in [5, 5.41) is 3.29. The van der Waals surface area contributed by atoms with E-state index in [0.717, 1.165) is 18.7 Å². The Bertz CT molecular complexity index is 417. The van der Waals surface area contributed by atoms with Crippen molar-refractivity contribution >= 4 is 5.91 Å². The molecule has 0 aliphatic rings. The van der Waals surface area contributed by atoms with E-state index in [9.17, 15) is 4.79 Å². The summed E-state index contributed by atoms with van der Waals surface area (Å²) in [4.78, 5) is 14.0. The normalized spacial score (nSPS) is 12.2. The van der Waals surface area contributed by atoms with E-state index in [1.807, 2.05) is 37.8 Å². The third-order valence-electron chi connectivity index (χ3n) is 3.36. The van der Waals surface area contributed by atoms with Gasteiger partial charge >= 0.3 is 0 Å². The van der Waals surface area contributed by atoms with E-state index in [1.165, 1.54) is 5.56 Å². The van der Waals surface area contributed by atoms with E-state index in [0.29, 0.717) is 13.2 Å². The monoisotopic (exact) mass is 278 g/mol. The molecular formula is C16H26N2O2. The van der Waals surface area contributed by atoms with Crippen LogP contribution in [0.5, 0.6) is 0 Å². The molecule has 1 unspecified atom stereocenters. The molecule has 4 heteroatoms. The van der Waals surface area contributed by atoms with E-state index >= 15 is 0 Å². The predicted molar refractivity (Wildman–Crippen MR) is 81.4 cm³/mol. The lowest BCUT2D eigenvalue weighted by atomic mass is 10.1. The minimum Gasteiger partial charge on any atom is -0.380 e. The Morgan fingerprint density at radius 1 is 1.30 bits per heavy atom. The lowest BCUT2D eigenvalue weighted by Crippen LogP contribution is -2.44. The molecule has 20 heavy (non-hydrogen) atoms. The molecule has 0 aromatic heterocycles. The van der Waals surface area contributed by atoms with Crippen molar-refractivity contribution in [3.8, 4) is 0 Å². The van der Waals surface area contributed by atoms with Crippen LogP contribution in [0.4, 0.5) is 0 Å². The maximum Gasteiger partial charge on any atom is 0.239 e. The molecule has 1 aromatic carbocycles. The van der Waals surface area contributed by atoms with Crippen LogP contribution >= 0.6 is 0 Å². The second-order valence-electron chi connectivity index (χ2n) is 4.87. The molecule has 1 aromatic rings. The highest BCUT2D eigenvalue weighted by Crippen LogP contribution is 2.07. The summed E-state index contributed by atoms with van der Waals surface area (Å²) >= 11 is 0. The van der Waals surface area contributed by atoms with Gasteiger partial charge in [-0.2, -0.15) is 0 Å². The van der Waals surface area contributed by atoms with Gasteiger partial charge in [0.25, 0.3) is 0 Å². The zero-order chi connectivity index (χ0) is 15.0. The van der Waals surface area contributed by atoms with Crippen LogP contribution in [0.1, 0.15) is 31.9 Å². The largest absolute Gasteiger partial charge is 0.380 e. The lowest BCUT2D eigenvalue weighted by molar-refractivity contribution is -0.132. The molecule has 0 aliphatic heterocycles. The summed E-state index contributed by atoms with van der Waals surface area (Å²) in [6.45, 7) is 8.73. The van der Waals surface area contributed by atoms with Crippen LogP contribution in [0.2, 0.25) is 0 Å². The van der Waals surface area contributed by atoms with Crippen LogP contribution in [0, 0.1) is 0 Å². The molecule has 1 N–H and O–H groups in total. The van der Waals surface area contributed by atoms with Gasteiger partial charge in [-0.1, -0.05) is 24.3 Å². The number of nitrogens with one attached hydrogen (secondary N) is 1. The Labute approximate surface area is 122 Å². The Balaban J connectivity index is 2.53. The van der Waals surface area contributed by atoms with Gasteiger partial charge in [0, 0.05) is 26.7 Å². The number of nitrogens with zero attached hydrogens (tertiary/aromatic N) is 1. The first kappa shape index (κ1) is 16.7. The zero-order valence-electron chi connectivity index (χ0n) is 13.0. The number of rotatable bonds is 8. The van der Waals surface area contributed by atoms with Gasteiger partial charge in [-0.25, -0.2) is 0 Å². The van der Waals surface area contributed by atoms with Crippen LogP contribution < -0.4 is 5.32 Å². The van der Waals surface area contributed by atoms with Gasteiger partial charge in [-0.15, -0.1) is 0 Å². The summed E-state index contributed by atoms with van der Waals surface area (Å²) in [5.41, 5.74) is 2.31. The minimum absolute atomic E-state index is 0.156. The Hall–Kier alpha value is -1.39. The summed E-state index contributed by atoms with van der Waals surface area (Å²) in [7, 11) is 1.69. The second kappa shape index (κ2) is 8.72. The number of methoxy groups -OCH3 is 1. The molecule has 0 radical (unpaired) electrons. The second-order valence-corrected chi connectivity index (χ2v) is 4.87. The standard InChI is InChI=1S/C16H26N2O2/c1-5-18(6-2)16(19)13(3)17-11-14-8-7-9-15(10-14)12-20-4/h7-10,13,17H,5-6,11-12H2,1-4H3. The SMILES string of the molecule is CCN(CC)C(=O)C(C)NCc1cccc(COC)c1. The quantitative estimate of drug-likeness (QED) is 0.792. The average molecular weight is 278 g/mol. The highest BCUT2D eigenvalue weighted by atomic mass is 16.5. The molecule has 4 nitrogen and oxygen atoms in total. The highest BCUT2D eigenvalue weighted by molar-refractivity contribution is 5.81. The average Bonchev–Trinajstić information content (AvgIpc) is 2.46. The number of hydrogen-bond acceptors (Lipinski definition) is 3. The zero-order valence-corrected chi connectivity index (χ0v) is 13.0. The fourth-order valence-electron chi connectivity index (χ4n) is 2.16. The molecule has 0 heterocycles. The van der Waals surface area contributed by atoms with Crippen molar-refractivity contribution in [2.24, 2.45) is 0 Å². The van der Waals surface area contributed by atoms with Crippen LogP contribution in [-0.4, -0.2) is 37.0 Å². The topological polar surface area (TPSA) is 41.6 Å². The van der Waals surface area contributed by atoms with Crippen molar-refractivity contribution in [3.63, 3.8) is 0 Å². The number of likely N-dealkylation sites (N-methyl/N-ethyl adjacent to an activating group) is 1. The van der Waals surface area contributed by atoms with E-state index < -0.39 is 0 Å². The van der Waals surface area contributed by atoms with Crippen LogP contribution in [-0.2, 0) is 22.7 Å². The first-order chi connectivity index (χ1) is 9.62. The molecule has 0 aliphatic carbocycles. The molecule has 0 spiro atoms. The molecule has 0 bridgehead atoms. The first-order valence-electron chi connectivity index (χ1n) is 7.21. The third kappa shape index (κ3) is 4.94. The van der Waals surface area contributed by atoms with Crippen molar-refractivity contribution in [3.05, 3.63) is 35.4 Å². The van der Waals surface area contributed by atoms with Gasteiger partial charge in [0.15, 0.2) is 0 Å². The lowest BCUT2D eigenvalue weighted by Gasteiger charge is -2.23. The van der Waals surface area contributed by atoms with Gasteiger partial charge in [0.1, 0.15) is 0 Å². The van der Waals surface area contributed by atoms with Crippen LogP contribution in [0.15, 0.2) is 24.3 Å². The van der Waals surface area contributed by atoms with Crippen molar-refractivity contribution in [1.29, 1.82) is 0 Å². The predicted octanol–water partition coefficient (Wildman–Crippen LogP) is 2.18. The van der Waals surface area contributed by atoms with Gasteiger partial charge < -0.3 is 15.0 Å². The van der Waals surface area contributed by atoms with Crippen LogP contribution in [0.25, 0.3) is 0 Å². The molecule has 1 atom stereocenters. The molecule has 112 valence electrons. The molecule has 0 fully saturated rings. The van der Waals surface area contributed by atoms with Gasteiger partial charge in [-0.05, 0) is 31.9 Å². The minimum atomic E-state index is -0.166. The fraction of sp³-hybridized carbons (Fsp3) is 0.562. The summed E-state index contributed by atoms with van der Waals surface area (Å²) in [6, 6.07) is 8.05. The molecular weight excluding hydrogens is 252 g/mol. The molecule has 1 rings (SSSR count). The number of carbonyl (C=O) groups excluding carboxylic acids is 1. The Morgan fingerprint density at radius 2 is 1.95 bits per heavy atom. The number of amides is 1. The van der Waals surface area contributed by atoms with E-state index in [-0.39, 0.29) is 11.9 Å². The van der Waals surface area contributed by atoms with E-state index in [1.54, 1.807) is 7.11 Å². The summed E-state index contributed by atoms with van der Waals surface area (Å²) in [6.07, 6.45) is 0. The number of carbonyl (C=O) groups is 1. The fourth-order valence-corrected chi connectivity index (χ4v) is 2.16.